The molecule has 0 bridgehead atoms. The Morgan fingerprint density at radius 3 is 2.90 bits per heavy atom. The number of rotatable bonds is 7. The predicted molar refractivity (Wildman–Crippen MR) is 83.2 cm³/mol. The van der Waals surface area contributed by atoms with Crippen LogP contribution in [0.1, 0.15) is 23.4 Å². The van der Waals surface area contributed by atoms with Gasteiger partial charge in [-0.1, -0.05) is 6.07 Å². The van der Waals surface area contributed by atoms with E-state index in [9.17, 15) is 0 Å². The van der Waals surface area contributed by atoms with E-state index in [4.69, 9.17) is 0 Å². The van der Waals surface area contributed by atoms with Gasteiger partial charge in [-0.2, -0.15) is 0 Å². The lowest BCUT2D eigenvalue weighted by molar-refractivity contribution is 0.671. The molecule has 1 fully saturated rings. The zero-order valence-electron chi connectivity index (χ0n) is 11.7. The Labute approximate surface area is 123 Å². The third-order valence-electron chi connectivity index (χ3n) is 3.51. The second kappa shape index (κ2) is 6.33. The third-order valence-corrected chi connectivity index (χ3v) is 4.44. The molecule has 1 aliphatic carbocycles. The highest BCUT2D eigenvalue weighted by Gasteiger charge is 2.20. The smallest absolute Gasteiger partial charge is 0.146 e. The summed E-state index contributed by atoms with van der Waals surface area (Å²) in [5.41, 5.74) is 1.02. The van der Waals surface area contributed by atoms with E-state index >= 15 is 0 Å². The predicted octanol–water partition coefficient (Wildman–Crippen LogP) is 2.47. The normalized spacial score (nSPS) is 14.4. The molecule has 2 aromatic rings. The van der Waals surface area contributed by atoms with Crippen molar-refractivity contribution in [2.24, 2.45) is 0 Å². The molecule has 0 spiro atoms. The van der Waals surface area contributed by atoms with Crippen molar-refractivity contribution in [2.45, 2.75) is 31.8 Å². The van der Waals surface area contributed by atoms with Gasteiger partial charge < -0.3 is 10.2 Å². The van der Waals surface area contributed by atoms with E-state index in [0.717, 1.165) is 31.0 Å². The topological polar surface area (TPSA) is 41.1 Å². The average Bonchev–Trinajstić information content (AvgIpc) is 3.17. The monoisotopic (exact) mass is 288 g/mol. The van der Waals surface area contributed by atoms with Gasteiger partial charge in [-0.3, -0.25) is 4.98 Å². The number of thiophene rings is 1. The third kappa shape index (κ3) is 3.77. The Balaban J connectivity index is 1.50. The summed E-state index contributed by atoms with van der Waals surface area (Å²) < 4.78 is 0. The summed E-state index contributed by atoms with van der Waals surface area (Å²) in [5, 5.41) is 5.57. The molecule has 0 amide bonds. The molecule has 0 aromatic carbocycles. The first-order valence-electron chi connectivity index (χ1n) is 7.09. The SMILES string of the molecule is CN(CCc1cccs1)c1cnc(CNC2CC2)cn1. The molecule has 0 atom stereocenters. The average molecular weight is 288 g/mol. The van der Waals surface area contributed by atoms with Crippen molar-refractivity contribution < 1.29 is 0 Å². The molecular formula is C15H20N4S. The van der Waals surface area contributed by atoms with Crippen molar-refractivity contribution in [3.05, 3.63) is 40.5 Å². The zero-order chi connectivity index (χ0) is 13.8. The van der Waals surface area contributed by atoms with Crippen molar-refractivity contribution in [2.75, 3.05) is 18.5 Å². The van der Waals surface area contributed by atoms with Crippen LogP contribution in [-0.2, 0) is 13.0 Å². The molecule has 2 heterocycles. The summed E-state index contributed by atoms with van der Waals surface area (Å²) in [5.74, 6) is 0.941. The molecule has 0 unspecified atom stereocenters. The molecule has 2 aromatic heterocycles. The molecule has 3 rings (SSSR count). The summed E-state index contributed by atoms with van der Waals surface area (Å²) in [7, 11) is 2.07. The maximum Gasteiger partial charge on any atom is 0.146 e. The van der Waals surface area contributed by atoms with Gasteiger partial charge in [0.2, 0.25) is 0 Å². The van der Waals surface area contributed by atoms with Crippen LogP contribution >= 0.6 is 11.3 Å². The molecular weight excluding hydrogens is 268 g/mol. The number of likely N-dealkylation sites (N-methyl/N-ethyl adjacent to an activating group) is 1. The highest BCUT2D eigenvalue weighted by molar-refractivity contribution is 7.09. The van der Waals surface area contributed by atoms with Gasteiger partial charge >= 0.3 is 0 Å². The van der Waals surface area contributed by atoms with Crippen LogP contribution in [0.4, 0.5) is 5.82 Å². The van der Waals surface area contributed by atoms with Gasteiger partial charge in [-0.25, -0.2) is 4.98 Å². The number of aromatic nitrogens is 2. The van der Waals surface area contributed by atoms with E-state index in [2.05, 4.69) is 44.7 Å². The van der Waals surface area contributed by atoms with Gasteiger partial charge in [0, 0.05) is 31.1 Å². The van der Waals surface area contributed by atoms with Gasteiger partial charge in [-0.15, -0.1) is 11.3 Å². The van der Waals surface area contributed by atoms with Crippen LogP contribution in [0.5, 0.6) is 0 Å². The van der Waals surface area contributed by atoms with Gasteiger partial charge in [0.05, 0.1) is 18.1 Å². The lowest BCUT2D eigenvalue weighted by atomic mass is 10.3. The number of anilines is 1. The summed E-state index contributed by atoms with van der Waals surface area (Å²) in [6, 6.07) is 4.99. The van der Waals surface area contributed by atoms with Crippen LogP contribution in [0.15, 0.2) is 29.9 Å². The van der Waals surface area contributed by atoms with Crippen molar-refractivity contribution in [3.8, 4) is 0 Å². The second-order valence-corrected chi connectivity index (χ2v) is 6.30. The van der Waals surface area contributed by atoms with Crippen molar-refractivity contribution in [1.82, 2.24) is 15.3 Å². The van der Waals surface area contributed by atoms with Crippen LogP contribution in [0.25, 0.3) is 0 Å². The number of nitrogens with one attached hydrogen (secondary N) is 1. The molecule has 20 heavy (non-hydrogen) atoms. The van der Waals surface area contributed by atoms with E-state index < -0.39 is 0 Å². The lowest BCUT2D eigenvalue weighted by Crippen LogP contribution is -2.22. The van der Waals surface area contributed by atoms with Gasteiger partial charge in [0.1, 0.15) is 5.82 Å². The molecule has 1 aliphatic rings. The second-order valence-electron chi connectivity index (χ2n) is 5.27. The molecule has 0 radical (unpaired) electrons. The minimum absolute atomic E-state index is 0.713. The van der Waals surface area contributed by atoms with Crippen LogP contribution < -0.4 is 10.2 Å². The maximum atomic E-state index is 4.50. The molecule has 1 N–H and O–H groups in total. The molecule has 5 heteroatoms. The lowest BCUT2D eigenvalue weighted by Gasteiger charge is -2.17. The Hall–Kier alpha value is -1.46. The number of hydrogen-bond acceptors (Lipinski definition) is 5. The van der Waals surface area contributed by atoms with Crippen LogP contribution in [-0.4, -0.2) is 29.6 Å². The Morgan fingerprint density at radius 1 is 1.35 bits per heavy atom. The van der Waals surface area contributed by atoms with Crippen molar-refractivity contribution in [1.29, 1.82) is 0 Å². The minimum Gasteiger partial charge on any atom is -0.358 e. The Bertz CT molecular complexity index is 519. The summed E-state index contributed by atoms with van der Waals surface area (Å²) in [4.78, 5) is 12.6. The first kappa shape index (κ1) is 13.5. The van der Waals surface area contributed by atoms with Crippen LogP contribution in [0.2, 0.25) is 0 Å². The van der Waals surface area contributed by atoms with Gasteiger partial charge in [0.25, 0.3) is 0 Å². The fourth-order valence-corrected chi connectivity index (χ4v) is 2.72. The highest BCUT2D eigenvalue weighted by atomic mass is 32.1. The van der Waals surface area contributed by atoms with E-state index in [1.54, 1.807) is 11.3 Å². The fraction of sp³-hybridized carbons (Fsp3) is 0.467. The van der Waals surface area contributed by atoms with Crippen molar-refractivity contribution in [3.63, 3.8) is 0 Å². The van der Waals surface area contributed by atoms with E-state index in [1.165, 1.54) is 17.7 Å². The van der Waals surface area contributed by atoms with Gasteiger partial charge in [0.15, 0.2) is 0 Å². The molecule has 0 saturated heterocycles. The van der Waals surface area contributed by atoms with Crippen molar-refractivity contribution >= 4 is 17.2 Å². The zero-order valence-corrected chi connectivity index (χ0v) is 12.6. The standard InChI is InChI=1S/C15H20N4S/c1-19(7-6-14-3-2-8-20-14)15-11-17-13(10-18-15)9-16-12-4-5-12/h2-3,8,10-12,16H,4-7,9H2,1H3. The molecule has 4 nitrogen and oxygen atoms in total. The largest absolute Gasteiger partial charge is 0.358 e. The first-order chi connectivity index (χ1) is 9.81. The highest BCUT2D eigenvalue weighted by Crippen LogP contribution is 2.19. The van der Waals surface area contributed by atoms with Crippen LogP contribution in [0.3, 0.4) is 0 Å². The number of nitrogens with zero attached hydrogens (tertiary/aromatic N) is 3. The molecule has 1 saturated carbocycles. The number of hydrogen-bond donors (Lipinski definition) is 1. The quantitative estimate of drug-likeness (QED) is 0.850. The molecule has 106 valence electrons. The van der Waals surface area contributed by atoms with E-state index in [-0.39, 0.29) is 0 Å². The minimum atomic E-state index is 0.713. The Morgan fingerprint density at radius 2 is 2.25 bits per heavy atom. The Kier molecular flexibility index (Phi) is 4.28. The van der Waals surface area contributed by atoms with Crippen LogP contribution in [0, 0.1) is 0 Å². The van der Waals surface area contributed by atoms with E-state index in [0.29, 0.717) is 6.04 Å². The first-order valence-corrected chi connectivity index (χ1v) is 7.97. The van der Waals surface area contributed by atoms with Gasteiger partial charge in [-0.05, 0) is 30.7 Å². The van der Waals surface area contributed by atoms with E-state index in [1.807, 2.05) is 12.4 Å². The summed E-state index contributed by atoms with van der Waals surface area (Å²) in [6.07, 6.45) is 7.42. The fourth-order valence-electron chi connectivity index (χ4n) is 2.02. The molecule has 0 aliphatic heterocycles. The summed E-state index contributed by atoms with van der Waals surface area (Å²) in [6.45, 7) is 1.80. The summed E-state index contributed by atoms with van der Waals surface area (Å²) >= 11 is 1.81. The maximum absolute atomic E-state index is 4.50.